The molecule has 0 amide bonds. The molecule has 1 heterocycles. The van der Waals surface area contributed by atoms with Crippen LogP contribution in [0.3, 0.4) is 0 Å². The second-order valence-electron chi connectivity index (χ2n) is 4.96. The van der Waals surface area contributed by atoms with E-state index in [0.717, 1.165) is 17.6 Å². The summed E-state index contributed by atoms with van der Waals surface area (Å²) < 4.78 is 5.82. The van der Waals surface area contributed by atoms with Gasteiger partial charge in [-0.25, -0.2) is 0 Å². The fraction of sp³-hybridized carbons (Fsp3) is 0.571. The van der Waals surface area contributed by atoms with Crippen LogP contribution < -0.4 is 10.5 Å². The Hall–Kier alpha value is -0.670. The number of thioether (sulfide) groups is 1. The van der Waals surface area contributed by atoms with Gasteiger partial charge in [-0.2, -0.15) is 0 Å². The van der Waals surface area contributed by atoms with Crippen LogP contribution in [0.5, 0.6) is 5.75 Å². The van der Waals surface area contributed by atoms with Crippen molar-refractivity contribution >= 4 is 11.8 Å². The van der Waals surface area contributed by atoms with Crippen molar-refractivity contribution in [1.29, 1.82) is 0 Å². The number of nitrogens with two attached hydrogens (primary N) is 1. The van der Waals surface area contributed by atoms with Gasteiger partial charge in [0, 0.05) is 16.9 Å². The number of benzene rings is 1. The highest BCUT2D eigenvalue weighted by Crippen LogP contribution is 2.40. The van der Waals surface area contributed by atoms with Crippen LogP contribution in [0.4, 0.5) is 0 Å². The number of fused-ring (bicyclic) bond motifs is 1. The van der Waals surface area contributed by atoms with Gasteiger partial charge in [-0.3, -0.25) is 0 Å². The molecule has 17 heavy (non-hydrogen) atoms. The summed E-state index contributed by atoms with van der Waals surface area (Å²) in [5, 5.41) is 1.23. The van der Waals surface area contributed by atoms with Crippen molar-refractivity contribution in [3.05, 3.63) is 29.8 Å². The molecule has 92 valence electrons. The average Bonchev–Trinajstić information content (AvgIpc) is 2.86. The maximum Gasteiger partial charge on any atom is 0.124 e. The zero-order valence-corrected chi connectivity index (χ0v) is 10.8. The minimum Gasteiger partial charge on any atom is -0.492 e. The van der Waals surface area contributed by atoms with Crippen molar-refractivity contribution in [3.63, 3.8) is 0 Å². The molecule has 1 saturated carbocycles. The monoisotopic (exact) mass is 249 g/mol. The summed E-state index contributed by atoms with van der Waals surface area (Å²) in [6.45, 7) is 0.763. The molecule has 1 aromatic rings. The van der Waals surface area contributed by atoms with Crippen molar-refractivity contribution in [2.75, 3.05) is 6.61 Å². The highest BCUT2D eigenvalue weighted by Gasteiger charge is 2.31. The lowest BCUT2D eigenvalue weighted by atomic mass is 10.0. The second kappa shape index (κ2) is 4.91. The number of para-hydroxylation sites is 1. The fourth-order valence-corrected chi connectivity index (χ4v) is 4.32. The van der Waals surface area contributed by atoms with Crippen molar-refractivity contribution < 1.29 is 4.74 Å². The van der Waals surface area contributed by atoms with Crippen molar-refractivity contribution in [1.82, 2.24) is 0 Å². The predicted molar refractivity (Wildman–Crippen MR) is 72.5 cm³/mol. The van der Waals surface area contributed by atoms with E-state index in [1.165, 1.54) is 31.2 Å². The summed E-state index contributed by atoms with van der Waals surface area (Å²) in [6, 6.07) is 8.30. The number of hydrogen-bond donors (Lipinski definition) is 1. The van der Waals surface area contributed by atoms with Gasteiger partial charge in [0.2, 0.25) is 0 Å². The van der Waals surface area contributed by atoms with E-state index in [1.807, 2.05) is 30.0 Å². The zero-order valence-electron chi connectivity index (χ0n) is 9.97. The molecule has 3 heteroatoms. The van der Waals surface area contributed by atoms with Crippen LogP contribution in [0.25, 0.3) is 0 Å². The van der Waals surface area contributed by atoms with Crippen LogP contribution in [0.15, 0.2) is 24.3 Å². The van der Waals surface area contributed by atoms with E-state index in [9.17, 15) is 0 Å². The first-order valence-electron chi connectivity index (χ1n) is 6.47. The molecule has 3 rings (SSSR count). The van der Waals surface area contributed by atoms with Gasteiger partial charge in [0.1, 0.15) is 12.4 Å². The van der Waals surface area contributed by atoms with E-state index < -0.39 is 0 Å². The molecule has 0 spiro atoms. The zero-order chi connectivity index (χ0) is 11.7. The largest absolute Gasteiger partial charge is 0.492 e. The average molecular weight is 249 g/mol. The minimum atomic E-state index is 0.130. The Balaban J connectivity index is 1.72. The van der Waals surface area contributed by atoms with Crippen molar-refractivity contribution in [3.8, 4) is 5.75 Å². The van der Waals surface area contributed by atoms with Crippen LogP contribution >= 0.6 is 11.8 Å². The molecule has 2 aliphatic rings. The third-order valence-corrected chi connectivity index (χ3v) is 5.39. The van der Waals surface area contributed by atoms with Gasteiger partial charge in [0.25, 0.3) is 0 Å². The predicted octanol–water partition coefficient (Wildman–Crippen LogP) is 3.12. The third-order valence-electron chi connectivity index (χ3n) is 3.75. The topological polar surface area (TPSA) is 35.2 Å². The van der Waals surface area contributed by atoms with Crippen LogP contribution in [-0.2, 0) is 0 Å². The van der Waals surface area contributed by atoms with Crippen LogP contribution in [0, 0.1) is 0 Å². The summed E-state index contributed by atoms with van der Waals surface area (Å²) in [7, 11) is 0. The van der Waals surface area contributed by atoms with E-state index in [0.29, 0.717) is 5.25 Å². The molecule has 1 aromatic carbocycles. The molecule has 2 unspecified atom stereocenters. The van der Waals surface area contributed by atoms with E-state index in [-0.39, 0.29) is 6.04 Å². The van der Waals surface area contributed by atoms with Crippen LogP contribution in [0.2, 0.25) is 0 Å². The molecule has 0 aromatic heterocycles. The normalized spacial score (nSPS) is 28.8. The molecule has 0 radical (unpaired) electrons. The number of rotatable bonds is 2. The lowest BCUT2D eigenvalue weighted by Gasteiger charge is -2.32. The smallest absolute Gasteiger partial charge is 0.124 e. The van der Waals surface area contributed by atoms with E-state index >= 15 is 0 Å². The Morgan fingerprint density at radius 1 is 1.18 bits per heavy atom. The molecular weight excluding hydrogens is 230 g/mol. The Labute approximate surface area is 107 Å². The standard InChI is InChI=1S/C14H19NOS/c15-14-11-7-3-4-8-12(11)16-9-13(14)17-10-5-1-2-6-10/h3-4,7-8,10,13-14H,1-2,5-6,9,15H2. The number of ether oxygens (including phenoxy) is 1. The molecule has 1 aliphatic carbocycles. The fourth-order valence-electron chi connectivity index (χ4n) is 2.76. The van der Waals surface area contributed by atoms with Gasteiger partial charge < -0.3 is 10.5 Å². The molecule has 0 bridgehead atoms. The molecule has 2 atom stereocenters. The molecule has 2 nitrogen and oxygen atoms in total. The Morgan fingerprint density at radius 2 is 1.94 bits per heavy atom. The maximum atomic E-state index is 6.37. The summed E-state index contributed by atoms with van der Waals surface area (Å²) in [5.41, 5.74) is 7.54. The molecular formula is C14H19NOS. The summed E-state index contributed by atoms with van der Waals surface area (Å²) in [5.74, 6) is 0.975. The van der Waals surface area contributed by atoms with Gasteiger partial charge in [-0.05, 0) is 18.9 Å². The number of hydrogen-bond acceptors (Lipinski definition) is 3. The van der Waals surface area contributed by atoms with Crippen LogP contribution in [0.1, 0.15) is 37.3 Å². The van der Waals surface area contributed by atoms with Gasteiger partial charge >= 0.3 is 0 Å². The summed E-state index contributed by atoms with van der Waals surface area (Å²) >= 11 is 2.05. The molecule has 2 N–H and O–H groups in total. The van der Waals surface area contributed by atoms with E-state index in [2.05, 4.69) is 6.07 Å². The lowest BCUT2D eigenvalue weighted by Crippen LogP contribution is -2.34. The van der Waals surface area contributed by atoms with Gasteiger partial charge in [0.15, 0.2) is 0 Å². The SMILES string of the molecule is NC1c2ccccc2OCC1SC1CCCC1. The third kappa shape index (κ3) is 2.31. The summed E-state index contributed by atoms with van der Waals surface area (Å²) in [6.07, 6.45) is 5.49. The van der Waals surface area contributed by atoms with Crippen molar-refractivity contribution in [2.45, 2.75) is 42.2 Å². The molecule has 1 fully saturated rings. The quantitative estimate of drug-likeness (QED) is 0.874. The van der Waals surface area contributed by atoms with Crippen molar-refractivity contribution in [2.24, 2.45) is 5.73 Å². The Bertz CT molecular complexity index is 390. The van der Waals surface area contributed by atoms with Gasteiger partial charge in [-0.1, -0.05) is 31.0 Å². The first kappa shape index (κ1) is 11.4. The Kier molecular flexibility index (Phi) is 3.30. The second-order valence-corrected chi connectivity index (χ2v) is 6.50. The van der Waals surface area contributed by atoms with Gasteiger partial charge in [0.05, 0.1) is 5.25 Å². The minimum absolute atomic E-state index is 0.130. The first-order valence-corrected chi connectivity index (χ1v) is 7.41. The van der Waals surface area contributed by atoms with Crippen LogP contribution in [-0.4, -0.2) is 17.1 Å². The van der Waals surface area contributed by atoms with E-state index in [1.54, 1.807) is 0 Å². The lowest BCUT2D eigenvalue weighted by molar-refractivity contribution is 0.275. The molecule has 1 aliphatic heterocycles. The van der Waals surface area contributed by atoms with Gasteiger partial charge in [-0.15, -0.1) is 11.8 Å². The summed E-state index contributed by atoms with van der Waals surface area (Å²) in [4.78, 5) is 0. The highest BCUT2D eigenvalue weighted by atomic mass is 32.2. The maximum absolute atomic E-state index is 6.37. The van der Waals surface area contributed by atoms with E-state index in [4.69, 9.17) is 10.5 Å². The Morgan fingerprint density at radius 3 is 2.76 bits per heavy atom. The molecule has 0 saturated heterocycles. The highest BCUT2D eigenvalue weighted by molar-refractivity contribution is 8.00. The first-order chi connectivity index (χ1) is 8.34.